The largest absolute Gasteiger partial charge is 0.303 e. The number of carbonyl (C=O) groups is 2. The molecule has 0 saturated carbocycles. The van der Waals surface area contributed by atoms with E-state index in [1.165, 1.54) is 0 Å². The third-order valence-corrected chi connectivity index (χ3v) is 5.29. The molecule has 2 heterocycles. The first-order chi connectivity index (χ1) is 15.2. The summed E-state index contributed by atoms with van der Waals surface area (Å²) < 4.78 is 0. The van der Waals surface area contributed by atoms with Gasteiger partial charge in [-0.3, -0.25) is 14.6 Å². The van der Waals surface area contributed by atoms with Gasteiger partial charge in [-0.15, -0.1) is 0 Å². The van der Waals surface area contributed by atoms with E-state index in [1.54, 1.807) is 47.8 Å². The molecule has 4 aromatic rings. The lowest BCUT2D eigenvalue weighted by Crippen LogP contribution is -2.26. The third kappa shape index (κ3) is 3.55. The lowest BCUT2D eigenvalue weighted by molar-refractivity contribution is 0.0953. The molecule has 3 aromatic carbocycles. The Morgan fingerprint density at radius 2 is 1.71 bits per heavy atom. The van der Waals surface area contributed by atoms with Crippen LogP contribution in [-0.4, -0.2) is 23.0 Å². The summed E-state index contributed by atoms with van der Waals surface area (Å²) in [6.07, 6.45) is 4.88. The number of rotatable bonds is 5. The molecule has 0 radical (unpaired) electrons. The van der Waals surface area contributed by atoms with Gasteiger partial charge in [-0.1, -0.05) is 36.4 Å². The molecule has 150 valence electrons. The Labute approximate surface area is 178 Å². The van der Waals surface area contributed by atoms with Crippen molar-refractivity contribution < 1.29 is 9.59 Å². The fraction of sp³-hybridized carbons (Fsp3) is 0.0400. The molecule has 2 amide bonds. The van der Waals surface area contributed by atoms with Gasteiger partial charge in [-0.2, -0.15) is 5.10 Å². The number of anilines is 1. The van der Waals surface area contributed by atoms with Gasteiger partial charge in [0.25, 0.3) is 11.8 Å². The summed E-state index contributed by atoms with van der Waals surface area (Å²) in [4.78, 5) is 31.0. The highest BCUT2D eigenvalue weighted by Crippen LogP contribution is 2.37. The maximum atomic E-state index is 12.9. The molecule has 1 aliphatic rings. The standard InChI is InChI=1S/C25H18N4O2/c30-24(28-27-15-17-11-13-26-14-12-17)20-9-7-18(8-10-20)16-29-22-6-2-4-19-3-1-5-21(23(19)22)25(29)31/h1-15H,16H2,(H,28,30)/b27-15-. The molecule has 0 bridgehead atoms. The summed E-state index contributed by atoms with van der Waals surface area (Å²) in [6, 6.07) is 22.5. The van der Waals surface area contributed by atoms with Crippen LogP contribution in [0.15, 0.2) is 90.3 Å². The Morgan fingerprint density at radius 1 is 0.968 bits per heavy atom. The lowest BCUT2D eigenvalue weighted by Gasteiger charge is -2.18. The van der Waals surface area contributed by atoms with Crippen molar-refractivity contribution in [3.05, 3.63) is 107 Å². The molecule has 0 spiro atoms. The number of hydrogen-bond acceptors (Lipinski definition) is 4. The van der Waals surface area contributed by atoms with E-state index in [1.807, 2.05) is 48.5 Å². The van der Waals surface area contributed by atoms with E-state index in [4.69, 9.17) is 0 Å². The van der Waals surface area contributed by atoms with Crippen molar-refractivity contribution >= 4 is 34.5 Å². The number of hydrogen-bond donors (Lipinski definition) is 1. The number of hydrazone groups is 1. The predicted octanol–water partition coefficient (Wildman–Crippen LogP) is 4.16. The summed E-state index contributed by atoms with van der Waals surface area (Å²) in [6.45, 7) is 0.439. The van der Waals surface area contributed by atoms with Crippen molar-refractivity contribution in [3.63, 3.8) is 0 Å². The fourth-order valence-corrected chi connectivity index (χ4v) is 3.76. The minimum atomic E-state index is -0.300. The van der Waals surface area contributed by atoms with Gasteiger partial charge < -0.3 is 4.90 Å². The number of benzene rings is 3. The summed E-state index contributed by atoms with van der Waals surface area (Å²) in [5.74, 6) is -0.301. The second-order valence-corrected chi connectivity index (χ2v) is 7.25. The van der Waals surface area contributed by atoms with Gasteiger partial charge in [0.2, 0.25) is 0 Å². The average Bonchev–Trinajstić information content (AvgIpc) is 3.08. The lowest BCUT2D eigenvalue weighted by atomic mass is 10.1. The molecular weight excluding hydrogens is 388 g/mol. The zero-order chi connectivity index (χ0) is 21.2. The van der Waals surface area contributed by atoms with Crippen LogP contribution in [0, 0.1) is 0 Å². The zero-order valence-corrected chi connectivity index (χ0v) is 16.5. The van der Waals surface area contributed by atoms with Crippen LogP contribution >= 0.6 is 0 Å². The summed E-state index contributed by atoms with van der Waals surface area (Å²) in [5, 5.41) is 6.03. The number of carbonyl (C=O) groups excluding carboxylic acids is 2. The topological polar surface area (TPSA) is 74.7 Å². The third-order valence-electron chi connectivity index (χ3n) is 5.29. The van der Waals surface area contributed by atoms with Crippen LogP contribution in [0.1, 0.15) is 31.8 Å². The summed E-state index contributed by atoms with van der Waals surface area (Å²) >= 11 is 0. The maximum Gasteiger partial charge on any atom is 0.271 e. The maximum absolute atomic E-state index is 12.9. The van der Waals surface area contributed by atoms with E-state index in [9.17, 15) is 9.59 Å². The van der Waals surface area contributed by atoms with Crippen molar-refractivity contribution in [1.29, 1.82) is 0 Å². The van der Waals surface area contributed by atoms with E-state index >= 15 is 0 Å². The smallest absolute Gasteiger partial charge is 0.271 e. The number of pyridine rings is 1. The second kappa shape index (κ2) is 7.84. The highest BCUT2D eigenvalue weighted by molar-refractivity contribution is 6.24. The van der Waals surface area contributed by atoms with Gasteiger partial charge >= 0.3 is 0 Å². The van der Waals surface area contributed by atoms with Gasteiger partial charge in [-0.05, 0) is 52.9 Å². The van der Waals surface area contributed by atoms with E-state index < -0.39 is 0 Å². The first-order valence-electron chi connectivity index (χ1n) is 9.87. The van der Waals surface area contributed by atoms with Gasteiger partial charge in [0.05, 0.1) is 18.4 Å². The Balaban J connectivity index is 1.29. The van der Waals surface area contributed by atoms with Gasteiger partial charge in [0, 0.05) is 28.9 Å². The first-order valence-corrected chi connectivity index (χ1v) is 9.87. The van der Waals surface area contributed by atoms with Gasteiger partial charge in [0.1, 0.15) is 0 Å². The van der Waals surface area contributed by atoms with Gasteiger partial charge in [0.15, 0.2) is 0 Å². The van der Waals surface area contributed by atoms with Crippen molar-refractivity contribution in [1.82, 2.24) is 10.4 Å². The molecule has 6 nitrogen and oxygen atoms in total. The molecular formula is C25H18N4O2. The minimum Gasteiger partial charge on any atom is -0.303 e. The molecule has 0 saturated heterocycles. The number of nitrogens with one attached hydrogen (secondary N) is 1. The Bertz CT molecular complexity index is 1310. The highest BCUT2D eigenvalue weighted by Gasteiger charge is 2.29. The second-order valence-electron chi connectivity index (χ2n) is 7.25. The molecule has 1 aliphatic heterocycles. The van der Waals surface area contributed by atoms with E-state index in [0.29, 0.717) is 12.1 Å². The predicted molar refractivity (Wildman–Crippen MR) is 120 cm³/mol. The normalized spacial score (nSPS) is 12.6. The quantitative estimate of drug-likeness (QED) is 0.399. The van der Waals surface area contributed by atoms with Gasteiger partial charge in [-0.25, -0.2) is 5.43 Å². The van der Waals surface area contributed by atoms with Crippen LogP contribution in [0.4, 0.5) is 5.69 Å². The Morgan fingerprint density at radius 3 is 2.48 bits per heavy atom. The molecule has 1 N–H and O–H groups in total. The number of nitrogens with zero attached hydrogens (tertiary/aromatic N) is 3. The molecule has 0 aliphatic carbocycles. The number of amides is 2. The molecule has 5 rings (SSSR count). The highest BCUT2D eigenvalue weighted by atomic mass is 16.2. The van der Waals surface area contributed by atoms with Crippen molar-refractivity contribution in [2.75, 3.05) is 4.90 Å². The van der Waals surface area contributed by atoms with Crippen LogP contribution in [0.5, 0.6) is 0 Å². The molecule has 6 heteroatoms. The Kier molecular flexibility index (Phi) is 4.72. The van der Waals surface area contributed by atoms with E-state index in [2.05, 4.69) is 15.5 Å². The molecule has 31 heavy (non-hydrogen) atoms. The Hall–Kier alpha value is -4.32. The molecule has 0 unspecified atom stereocenters. The SMILES string of the molecule is O=C(N/N=C\c1ccncc1)c1ccc(CN2C(=O)c3cccc4cccc2c34)cc1. The van der Waals surface area contributed by atoms with Crippen molar-refractivity contribution in [3.8, 4) is 0 Å². The van der Waals surface area contributed by atoms with E-state index in [0.717, 1.165) is 33.2 Å². The fourth-order valence-electron chi connectivity index (χ4n) is 3.76. The summed E-state index contributed by atoms with van der Waals surface area (Å²) in [5.41, 5.74) is 6.45. The zero-order valence-electron chi connectivity index (χ0n) is 16.5. The van der Waals surface area contributed by atoms with Crippen LogP contribution in [0.3, 0.4) is 0 Å². The van der Waals surface area contributed by atoms with Crippen LogP contribution in [0.25, 0.3) is 10.8 Å². The van der Waals surface area contributed by atoms with Crippen LogP contribution < -0.4 is 10.3 Å². The van der Waals surface area contributed by atoms with Crippen LogP contribution in [-0.2, 0) is 6.54 Å². The summed E-state index contributed by atoms with van der Waals surface area (Å²) in [7, 11) is 0. The molecule has 0 atom stereocenters. The van der Waals surface area contributed by atoms with Crippen molar-refractivity contribution in [2.24, 2.45) is 5.10 Å². The molecule has 0 fully saturated rings. The van der Waals surface area contributed by atoms with Crippen molar-refractivity contribution in [2.45, 2.75) is 6.54 Å². The average molecular weight is 406 g/mol. The monoisotopic (exact) mass is 406 g/mol. The first kappa shape index (κ1) is 18.7. The minimum absolute atomic E-state index is 0.000862. The van der Waals surface area contributed by atoms with Crippen LogP contribution in [0.2, 0.25) is 0 Å². The van der Waals surface area contributed by atoms with E-state index in [-0.39, 0.29) is 11.8 Å². The molecule has 1 aromatic heterocycles. The number of aromatic nitrogens is 1.